The topological polar surface area (TPSA) is 17.8 Å². The number of halogens is 2. The van der Waals surface area contributed by atoms with Crippen molar-refractivity contribution in [3.05, 3.63) is 16.9 Å². The summed E-state index contributed by atoms with van der Waals surface area (Å²) in [4.78, 5) is 0.661. The highest BCUT2D eigenvalue weighted by Crippen LogP contribution is 2.38. The van der Waals surface area contributed by atoms with Crippen molar-refractivity contribution in [2.45, 2.75) is 30.5 Å². The number of rotatable bonds is 4. The fourth-order valence-electron chi connectivity index (χ4n) is 1.69. The van der Waals surface area contributed by atoms with Crippen molar-refractivity contribution in [3.63, 3.8) is 0 Å². The van der Waals surface area contributed by atoms with Gasteiger partial charge in [0.2, 0.25) is 0 Å². The predicted octanol–water partition coefficient (Wildman–Crippen LogP) is 3.18. The Balaban J connectivity index is 1.90. The third kappa shape index (κ3) is 2.31. The van der Waals surface area contributed by atoms with E-state index in [0.29, 0.717) is 4.83 Å². The lowest BCUT2D eigenvalue weighted by molar-refractivity contribution is 0.645. The molecule has 1 aliphatic carbocycles. The van der Waals surface area contributed by atoms with Gasteiger partial charge in [-0.1, -0.05) is 27.5 Å². The molecule has 14 heavy (non-hydrogen) atoms. The van der Waals surface area contributed by atoms with Gasteiger partial charge in [-0.2, -0.15) is 5.10 Å². The molecule has 1 atom stereocenters. The fourth-order valence-corrected chi connectivity index (χ4v) is 2.70. The van der Waals surface area contributed by atoms with Crippen LogP contribution < -0.4 is 0 Å². The Morgan fingerprint density at radius 2 is 2.43 bits per heavy atom. The monoisotopic (exact) mass is 276 g/mol. The van der Waals surface area contributed by atoms with Crippen molar-refractivity contribution < 1.29 is 0 Å². The second kappa shape index (κ2) is 4.23. The van der Waals surface area contributed by atoms with E-state index in [1.54, 1.807) is 6.20 Å². The van der Waals surface area contributed by atoms with E-state index >= 15 is 0 Å². The highest BCUT2D eigenvalue weighted by molar-refractivity contribution is 9.09. The smallest absolute Gasteiger partial charge is 0.0817 e. The van der Waals surface area contributed by atoms with Gasteiger partial charge in [-0.15, -0.1) is 0 Å². The summed E-state index contributed by atoms with van der Waals surface area (Å²) >= 11 is 9.75. The van der Waals surface area contributed by atoms with Crippen LogP contribution in [-0.2, 0) is 13.5 Å². The van der Waals surface area contributed by atoms with Crippen LogP contribution >= 0.6 is 27.5 Å². The molecular formula is C10H14BrClN2. The van der Waals surface area contributed by atoms with Gasteiger partial charge in [0.25, 0.3) is 0 Å². The van der Waals surface area contributed by atoms with Crippen LogP contribution in [0.2, 0.25) is 5.02 Å². The van der Waals surface area contributed by atoms with Gasteiger partial charge >= 0.3 is 0 Å². The molecule has 1 unspecified atom stereocenters. The highest BCUT2D eigenvalue weighted by atomic mass is 79.9. The Bertz CT molecular complexity index is 300. The zero-order valence-electron chi connectivity index (χ0n) is 8.21. The number of aromatic nitrogens is 2. The second-order valence-electron chi connectivity index (χ2n) is 3.95. The van der Waals surface area contributed by atoms with Crippen LogP contribution in [0, 0.1) is 5.92 Å². The molecule has 0 aliphatic heterocycles. The molecule has 2 nitrogen and oxygen atoms in total. The van der Waals surface area contributed by atoms with E-state index < -0.39 is 0 Å². The lowest BCUT2D eigenvalue weighted by atomic mass is 10.1. The number of hydrogen-bond acceptors (Lipinski definition) is 1. The quantitative estimate of drug-likeness (QED) is 0.773. The van der Waals surface area contributed by atoms with E-state index in [1.807, 2.05) is 11.7 Å². The van der Waals surface area contributed by atoms with Crippen molar-refractivity contribution in [2.24, 2.45) is 13.0 Å². The molecule has 1 heterocycles. The summed E-state index contributed by atoms with van der Waals surface area (Å²) in [5, 5.41) is 4.92. The molecule has 0 spiro atoms. The number of aryl methyl sites for hydroxylation is 1. The van der Waals surface area contributed by atoms with Crippen LogP contribution in [0.25, 0.3) is 0 Å². The molecular weight excluding hydrogens is 263 g/mol. The molecule has 4 heteroatoms. The molecule has 0 bridgehead atoms. The zero-order chi connectivity index (χ0) is 10.1. The van der Waals surface area contributed by atoms with Gasteiger partial charge in [-0.3, -0.25) is 4.68 Å². The van der Waals surface area contributed by atoms with E-state index in [1.165, 1.54) is 12.8 Å². The molecule has 1 aromatic rings. The van der Waals surface area contributed by atoms with Crippen LogP contribution in [-0.4, -0.2) is 14.6 Å². The highest BCUT2D eigenvalue weighted by Gasteiger charge is 2.29. The molecule has 78 valence electrons. The summed E-state index contributed by atoms with van der Waals surface area (Å²) in [5.74, 6) is 0.905. The van der Waals surface area contributed by atoms with E-state index in [4.69, 9.17) is 11.6 Å². The number of hydrogen-bond donors (Lipinski definition) is 0. The van der Waals surface area contributed by atoms with Gasteiger partial charge in [-0.25, -0.2) is 0 Å². The van der Waals surface area contributed by atoms with Crippen LogP contribution in [0.15, 0.2) is 6.20 Å². The molecule has 1 fully saturated rings. The summed E-state index contributed by atoms with van der Waals surface area (Å²) in [7, 11) is 1.95. The van der Waals surface area contributed by atoms with Gasteiger partial charge in [0, 0.05) is 11.9 Å². The second-order valence-corrected chi connectivity index (χ2v) is 5.54. The van der Waals surface area contributed by atoms with E-state index in [0.717, 1.165) is 29.5 Å². The number of alkyl halides is 1. The average Bonchev–Trinajstić information content (AvgIpc) is 2.93. The average molecular weight is 278 g/mol. The van der Waals surface area contributed by atoms with Crippen molar-refractivity contribution >= 4 is 27.5 Å². The molecule has 1 aromatic heterocycles. The van der Waals surface area contributed by atoms with Crippen LogP contribution in [0.4, 0.5) is 0 Å². The lowest BCUT2D eigenvalue weighted by Gasteiger charge is -2.08. The van der Waals surface area contributed by atoms with Crippen LogP contribution in [0.1, 0.15) is 25.0 Å². The Kier molecular flexibility index (Phi) is 3.17. The first kappa shape index (κ1) is 10.5. The maximum Gasteiger partial charge on any atom is 0.0817 e. The molecule has 0 aromatic carbocycles. The SMILES string of the molecule is Cn1ncc(Cl)c1CCC(Br)C1CC1. The van der Waals surface area contributed by atoms with Gasteiger partial charge < -0.3 is 0 Å². The molecule has 0 radical (unpaired) electrons. The Morgan fingerprint density at radius 1 is 1.71 bits per heavy atom. The van der Waals surface area contributed by atoms with Gasteiger partial charge in [0.1, 0.15) is 0 Å². The summed E-state index contributed by atoms with van der Waals surface area (Å²) in [5.41, 5.74) is 1.15. The summed E-state index contributed by atoms with van der Waals surface area (Å²) in [6, 6.07) is 0. The standard InChI is InChI=1S/C10H14BrClN2/c1-14-10(9(12)6-13-14)5-4-8(11)7-2-3-7/h6-8H,2-5H2,1H3. The predicted molar refractivity (Wildman–Crippen MR) is 62.0 cm³/mol. The summed E-state index contributed by atoms with van der Waals surface area (Å²) < 4.78 is 1.87. The van der Waals surface area contributed by atoms with Crippen LogP contribution in [0.5, 0.6) is 0 Å². The maximum absolute atomic E-state index is 6.03. The van der Waals surface area contributed by atoms with E-state index in [2.05, 4.69) is 21.0 Å². The Hall–Kier alpha value is -0.0200. The minimum Gasteiger partial charge on any atom is -0.271 e. The maximum atomic E-state index is 6.03. The fraction of sp³-hybridized carbons (Fsp3) is 0.700. The molecule has 1 saturated carbocycles. The molecule has 1 aliphatic rings. The summed E-state index contributed by atoms with van der Waals surface area (Å²) in [6.45, 7) is 0. The molecule has 0 N–H and O–H groups in total. The third-order valence-electron chi connectivity index (χ3n) is 2.80. The van der Waals surface area contributed by atoms with Gasteiger partial charge in [0.15, 0.2) is 0 Å². The first-order valence-electron chi connectivity index (χ1n) is 4.99. The van der Waals surface area contributed by atoms with E-state index in [-0.39, 0.29) is 0 Å². The largest absolute Gasteiger partial charge is 0.271 e. The van der Waals surface area contributed by atoms with Gasteiger partial charge in [-0.05, 0) is 31.6 Å². The lowest BCUT2D eigenvalue weighted by Crippen LogP contribution is -2.05. The molecule has 2 rings (SSSR count). The summed E-state index contributed by atoms with van der Waals surface area (Å²) in [6.07, 6.45) is 6.66. The Morgan fingerprint density at radius 3 is 2.93 bits per heavy atom. The molecule has 0 amide bonds. The van der Waals surface area contributed by atoms with E-state index in [9.17, 15) is 0 Å². The van der Waals surface area contributed by atoms with Crippen molar-refractivity contribution in [2.75, 3.05) is 0 Å². The first-order valence-corrected chi connectivity index (χ1v) is 6.28. The van der Waals surface area contributed by atoms with Gasteiger partial charge in [0.05, 0.1) is 16.9 Å². The Labute approximate surface area is 97.8 Å². The zero-order valence-corrected chi connectivity index (χ0v) is 10.6. The minimum absolute atomic E-state index is 0.661. The van der Waals surface area contributed by atoms with Crippen molar-refractivity contribution in [3.8, 4) is 0 Å². The third-order valence-corrected chi connectivity index (χ3v) is 4.32. The first-order chi connectivity index (χ1) is 6.68. The van der Waals surface area contributed by atoms with Crippen molar-refractivity contribution in [1.82, 2.24) is 9.78 Å². The minimum atomic E-state index is 0.661. The molecule has 0 saturated heterocycles. The van der Waals surface area contributed by atoms with Crippen LogP contribution in [0.3, 0.4) is 0 Å². The van der Waals surface area contributed by atoms with Crippen molar-refractivity contribution in [1.29, 1.82) is 0 Å². The number of nitrogens with zero attached hydrogens (tertiary/aromatic N) is 2. The normalized spacial score (nSPS) is 18.5.